The minimum Gasteiger partial charge on any atom is -0.374 e. The third kappa shape index (κ3) is 2.27. The lowest BCUT2D eigenvalue weighted by Gasteiger charge is -2.24. The van der Waals surface area contributed by atoms with E-state index in [-0.39, 0.29) is 5.60 Å². The second-order valence-corrected chi connectivity index (χ2v) is 5.71. The lowest BCUT2D eigenvalue weighted by atomic mass is 10.00. The molecule has 16 heavy (non-hydrogen) atoms. The third-order valence-electron chi connectivity index (χ3n) is 4.51. The molecule has 0 aromatic heterocycles. The quantitative estimate of drug-likeness (QED) is 0.719. The van der Waals surface area contributed by atoms with Gasteiger partial charge in [-0.3, -0.25) is 4.90 Å². The summed E-state index contributed by atoms with van der Waals surface area (Å²) in [6.45, 7) is 8.64. The SMILES string of the molecule is C1CCN(CCN2CCC3(CCCO3)C2)C1. The Morgan fingerprint density at radius 1 is 0.875 bits per heavy atom. The van der Waals surface area contributed by atoms with Gasteiger partial charge in [-0.1, -0.05) is 0 Å². The summed E-state index contributed by atoms with van der Waals surface area (Å²) in [5, 5.41) is 0. The Morgan fingerprint density at radius 2 is 1.69 bits per heavy atom. The average molecular weight is 224 g/mol. The Labute approximate surface area is 98.7 Å². The number of hydrogen-bond acceptors (Lipinski definition) is 3. The normalized spacial score (nSPS) is 36.8. The van der Waals surface area contributed by atoms with Crippen LogP contribution in [0.15, 0.2) is 0 Å². The molecule has 92 valence electrons. The summed E-state index contributed by atoms with van der Waals surface area (Å²) in [6.07, 6.45) is 6.67. The Hall–Kier alpha value is -0.120. The van der Waals surface area contributed by atoms with E-state index in [9.17, 15) is 0 Å². The van der Waals surface area contributed by atoms with Crippen molar-refractivity contribution in [1.29, 1.82) is 0 Å². The van der Waals surface area contributed by atoms with Crippen molar-refractivity contribution in [3.63, 3.8) is 0 Å². The van der Waals surface area contributed by atoms with E-state index in [4.69, 9.17) is 4.74 Å². The molecular weight excluding hydrogens is 200 g/mol. The van der Waals surface area contributed by atoms with E-state index >= 15 is 0 Å². The maximum atomic E-state index is 5.95. The molecule has 0 aliphatic carbocycles. The number of rotatable bonds is 3. The molecule has 0 aromatic rings. The van der Waals surface area contributed by atoms with Gasteiger partial charge in [-0.15, -0.1) is 0 Å². The Morgan fingerprint density at radius 3 is 2.44 bits per heavy atom. The Kier molecular flexibility index (Phi) is 3.18. The number of hydrogen-bond donors (Lipinski definition) is 0. The summed E-state index contributed by atoms with van der Waals surface area (Å²) in [5.74, 6) is 0. The van der Waals surface area contributed by atoms with Crippen molar-refractivity contribution in [3.05, 3.63) is 0 Å². The standard InChI is InChI=1S/C13H24N2O/c1-2-7-14(6-1)9-10-15-8-5-13(12-15)4-3-11-16-13/h1-12H2. The van der Waals surface area contributed by atoms with E-state index in [1.807, 2.05) is 0 Å². The average Bonchev–Trinajstić information content (AvgIpc) is 3.01. The molecule has 3 fully saturated rings. The van der Waals surface area contributed by atoms with Gasteiger partial charge in [0.25, 0.3) is 0 Å². The molecule has 1 unspecified atom stereocenters. The van der Waals surface area contributed by atoms with Crippen molar-refractivity contribution < 1.29 is 4.74 Å². The zero-order valence-electron chi connectivity index (χ0n) is 10.3. The van der Waals surface area contributed by atoms with Crippen LogP contribution in [0.1, 0.15) is 32.1 Å². The molecule has 3 saturated heterocycles. The summed E-state index contributed by atoms with van der Waals surface area (Å²) in [6, 6.07) is 0. The van der Waals surface area contributed by atoms with Crippen molar-refractivity contribution >= 4 is 0 Å². The first-order chi connectivity index (χ1) is 7.86. The fourth-order valence-corrected chi connectivity index (χ4v) is 3.48. The monoisotopic (exact) mass is 224 g/mol. The highest BCUT2D eigenvalue weighted by Gasteiger charge is 2.41. The fourth-order valence-electron chi connectivity index (χ4n) is 3.48. The van der Waals surface area contributed by atoms with E-state index in [1.54, 1.807) is 0 Å². The largest absolute Gasteiger partial charge is 0.374 e. The molecule has 3 rings (SSSR count). The van der Waals surface area contributed by atoms with Crippen LogP contribution in [-0.4, -0.2) is 61.3 Å². The molecule has 0 aromatic carbocycles. The van der Waals surface area contributed by atoms with E-state index in [1.165, 1.54) is 71.4 Å². The molecule has 0 radical (unpaired) electrons. The molecule has 1 atom stereocenters. The lowest BCUT2D eigenvalue weighted by Crippen LogP contribution is -2.36. The van der Waals surface area contributed by atoms with Crippen LogP contribution in [0.2, 0.25) is 0 Å². The molecule has 3 aliphatic rings. The maximum Gasteiger partial charge on any atom is 0.0821 e. The van der Waals surface area contributed by atoms with Gasteiger partial charge in [0.15, 0.2) is 0 Å². The van der Waals surface area contributed by atoms with E-state index in [2.05, 4.69) is 9.80 Å². The van der Waals surface area contributed by atoms with Gasteiger partial charge in [-0.25, -0.2) is 0 Å². The first-order valence-corrected chi connectivity index (χ1v) is 6.95. The topological polar surface area (TPSA) is 15.7 Å². The summed E-state index contributed by atoms with van der Waals surface area (Å²) in [4.78, 5) is 5.23. The minimum absolute atomic E-state index is 0.269. The van der Waals surface area contributed by atoms with Crippen LogP contribution in [0, 0.1) is 0 Å². The van der Waals surface area contributed by atoms with Crippen LogP contribution in [0.4, 0.5) is 0 Å². The van der Waals surface area contributed by atoms with Gasteiger partial charge in [0.2, 0.25) is 0 Å². The van der Waals surface area contributed by atoms with Crippen molar-refractivity contribution in [3.8, 4) is 0 Å². The summed E-state index contributed by atoms with van der Waals surface area (Å²) in [7, 11) is 0. The van der Waals surface area contributed by atoms with Crippen LogP contribution in [0.25, 0.3) is 0 Å². The van der Waals surface area contributed by atoms with Crippen LogP contribution in [0.3, 0.4) is 0 Å². The molecule has 3 heteroatoms. The first-order valence-electron chi connectivity index (χ1n) is 6.95. The molecule has 0 N–H and O–H groups in total. The van der Waals surface area contributed by atoms with Gasteiger partial charge in [-0.2, -0.15) is 0 Å². The van der Waals surface area contributed by atoms with Crippen molar-refractivity contribution in [2.75, 3.05) is 45.9 Å². The molecule has 3 nitrogen and oxygen atoms in total. The number of nitrogens with zero attached hydrogens (tertiary/aromatic N) is 2. The zero-order chi connectivity index (χ0) is 10.8. The molecule has 0 amide bonds. The highest BCUT2D eigenvalue weighted by molar-refractivity contribution is 4.94. The van der Waals surface area contributed by atoms with Crippen molar-refractivity contribution in [2.45, 2.75) is 37.7 Å². The maximum absolute atomic E-state index is 5.95. The summed E-state index contributed by atoms with van der Waals surface area (Å²) < 4.78 is 5.95. The molecule has 3 heterocycles. The van der Waals surface area contributed by atoms with Crippen LogP contribution in [0.5, 0.6) is 0 Å². The van der Waals surface area contributed by atoms with Gasteiger partial charge in [0, 0.05) is 32.8 Å². The van der Waals surface area contributed by atoms with Crippen LogP contribution < -0.4 is 0 Å². The predicted molar refractivity (Wildman–Crippen MR) is 64.6 cm³/mol. The second-order valence-electron chi connectivity index (χ2n) is 5.71. The summed E-state index contributed by atoms with van der Waals surface area (Å²) in [5.41, 5.74) is 0.269. The number of ether oxygens (including phenoxy) is 1. The third-order valence-corrected chi connectivity index (χ3v) is 4.51. The minimum atomic E-state index is 0.269. The lowest BCUT2D eigenvalue weighted by molar-refractivity contribution is 0.0123. The molecule has 3 aliphatic heterocycles. The highest BCUT2D eigenvalue weighted by atomic mass is 16.5. The summed E-state index contributed by atoms with van der Waals surface area (Å²) >= 11 is 0. The van der Waals surface area contributed by atoms with Crippen molar-refractivity contribution in [1.82, 2.24) is 9.80 Å². The van der Waals surface area contributed by atoms with Gasteiger partial charge in [-0.05, 0) is 45.2 Å². The fraction of sp³-hybridized carbons (Fsp3) is 1.00. The smallest absolute Gasteiger partial charge is 0.0821 e. The van der Waals surface area contributed by atoms with Gasteiger partial charge >= 0.3 is 0 Å². The van der Waals surface area contributed by atoms with E-state index in [0.717, 1.165) is 6.61 Å². The molecular formula is C13H24N2O. The zero-order valence-corrected chi connectivity index (χ0v) is 10.3. The van der Waals surface area contributed by atoms with Crippen LogP contribution >= 0.6 is 0 Å². The van der Waals surface area contributed by atoms with E-state index in [0.29, 0.717) is 0 Å². The van der Waals surface area contributed by atoms with Crippen LogP contribution in [-0.2, 0) is 4.74 Å². The molecule has 0 bridgehead atoms. The molecule has 1 spiro atoms. The molecule has 0 saturated carbocycles. The van der Waals surface area contributed by atoms with Gasteiger partial charge in [0.1, 0.15) is 0 Å². The van der Waals surface area contributed by atoms with Gasteiger partial charge in [0.05, 0.1) is 5.60 Å². The number of likely N-dealkylation sites (tertiary alicyclic amines) is 2. The Balaban J connectivity index is 1.43. The highest BCUT2D eigenvalue weighted by Crippen LogP contribution is 2.34. The van der Waals surface area contributed by atoms with Crippen molar-refractivity contribution in [2.24, 2.45) is 0 Å². The second kappa shape index (κ2) is 4.63. The first kappa shape index (κ1) is 11.0. The predicted octanol–water partition coefficient (Wildman–Crippen LogP) is 1.34. The van der Waals surface area contributed by atoms with E-state index < -0.39 is 0 Å². The Bertz CT molecular complexity index is 232. The van der Waals surface area contributed by atoms with Gasteiger partial charge < -0.3 is 9.64 Å².